The summed E-state index contributed by atoms with van der Waals surface area (Å²) in [5.74, 6) is 0. The Balaban J connectivity index is 3.08. The van der Waals surface area contributed by atoms with Crippen molar-refractivity contribution < 1.29 is 0 Å². The third-order valence-corrected chi connectivity index (χ3v) is 1.82. The lowest BCUT2D eigenvalue weighted by molar-refractivity contribution is 1.12. The van der Waals surface area contributed by atoms with Gasteiger partial charge in [-0.05, 0) is 30.7 Å². The molecule has 0 saturated carbocycles. The number of thiol groups is 1. The second-order valence-electron chi connectivity index (χ2n) is 2.92. The first kappa shape index (κ1) is 8.47. The molecule has 0 N–H and O–H groups in total. The summed E-state index contributed by atoms with van der Waals surface area (Å²) in [6.45, 7) is 2.08. The Morgan fingerprint density at radius 2 is 1.82 bits per heavy atom. The van der Waals surface area contributed by atoms with E-state index >= 15 is 0 Å². The largest absolute Gasteiger partial charge is 0.378 e. The van der Waals surface area contributed by atoms with E-state index in [9.17, 15) is 0 Å². The summed E-state index contributed by atoms with van der Waals surface area (Å²) in [4.78, 5) is 3.10. The monoisotopic (exact) mass is 167 g/mol. The smallest absolute Gasteiger partial charge is 0.0374 e. The average molecular weight is 167 g/mol. The van der Waals surface area contributed by atoms with Gasteiger partial charge < -0.3 is 4.90 Å². The van der Waals surface area contributed by atoms with Gasteiger partial charge in [0.2, 0.25) is 0 Å². The summed E-state index contributed by atoms with van der Waals surface area (Å²) < 4.78 is 0. The van der Waals surface area contributed by atoms with Crippen LogP contribution in [0.2, 0.25) is 0 Å². The Kier molecular flexibility index (Phi) is 2.45. The van der Waals surface area contributed by atoms with Crippen molar-refractivity contribution in [1.82, 2.24) is 0 Å². The van der Waals surface area contributed by atoms with Gasteiger partial charge in [0.05, 0.1) is 0 Å². The van der Waals surface area contributed by atoms with Crippen molar-refractivity contribution in [2.24, 2.45) is 0 Å². The van der Waals surface area contributed by atoms with Crippen molar-refractivity contribution in [3.05, 3.63) is 23.8 Å². The highest BCUT2D eigenvalue weighted by Crippen LogP contribution is 2.18. The van der Waals surface area contributed by atoms with Gasteiger partial charge >= 0.3 is 0 Å². The normalized spacial score (nSPS) is 9.82. The minimum atomic E-state index is 1.02. The van der Waals surface area contributed by atoms with Gasteiger partial charge in [0, 0.05) is 24.7 Å². The Morgan fingerprint density at radius 1 is 1.18 bits per heavy atom. The molecule has 0 aliphatic rings. The summed E-state index contributed by atoms with van der Waals surface area (Å²) in [5, 5.41) is 0. The molecule has 1 aromatic rings. The van der Waals surface area contributed by atoms with Crippen molar-refractivity contribution in [3.8, 4) is 0 Å². The Labute approximate surface area is 73.4 Å². The molecule has 1 nitrogen and oxygen atoms in total. The van der Waals surface area contributed by atoms with E-state index in [0.717, 1.165) is 4.90 Å². The zero-order valence-electron chi connectivity index (χ0n) is 7.13. The van der Waals surface area contributed by atoms with E-state index < -0.39 is 0 Å². The predicted molar refractivity (Wildman–Crippen MR) is 52.8 cm³/mol. The molecule has 0 spiro atoms. The molecule has 0 aliphatic heterocycles. The van der Waals surface area contributed by atoms with Crippen LogP contribution in [0.1, 0.15) is 5.56 Å². The standard InChI is InChI=1S/C9H13NS/c1-7-4-8(10(2)3)6-9(11)5-7/h4-6,11H,1-3H3. The molecule has 0 heterocycles. The molecule has 0 radical (unpaired) electrons. The van der Waals surface area contributed by atoms with Gasteiger partial charge in [-0.3, -0.25) is 0 Å². The number of aryl methyl sites for hydroxylation is 1. The Hall–Kier alpha value is -0.630. The van der Waals surface area contributed by atoms with Crippen LogP contribution in [-0.2, 0) is 0 Å². The van der Waals surface area contributed by atoms with Crippen molar-refractivity contribution in [1.29, 1.82) is 0 Å². The maximum Gasteiger partial charge on any atom is 0.0374 e. The molecule has 1 aromatic carbocycles. The number of benzene rings is 1. The van der Waals surface area contributed by atoms with Gasteiger partial charge in [-0.2, -0.15) is 0 Å². The molecular weight excluding hydrogens is 154 g/mol. The summed E-state index contributed by atoms with van der Waals surface area (Å²) in [5.41, 5.74) is 2.45. The molecule has 0 aromatic heterocycles. The van der Waals surface area contributed by atoms with Crippen LogP contribution in [0.15, 0.2) is 23.1 Å². The number of hydrogen-bond donors (Lipinski definition) is 1. The second-order valence-corrected chi connectivity index (χ2v) is 3.44. The molecule has 0 fully saturated rings. The first-order valence-corrected chi connectivity index (χ1v) is 4.02. The van der Waals surface area contributed by atoms with Crippen molar-refractivity contribution in [3.63, 3.8) is 0 Å². The number of anilines is 1. The lowest BCUT2D eigenvalue weighted by atomic mass is 10.2. The van der Waals surface area contributed by atoms with E-state index in [4.69, 9.17) is 0 Å². The van der Waals surface area contributed by atoms with Gasteiger partial charge in [0.15, 0.2) is 0 Å². The van der Waals surface area contributed by atoms with E-state index in [1.54, 1.807) is 0 Å². The zero-order chi connectivity index (χ0) is 8.43. The summed E-state index contributed by atoms with van der Waals surface area (Å²) >= 11 is 4.29. The van der Waals surface area contributed by atoms with Crippen LogP contribution < -0.4 is 4.90 Å². The first-order valence-electron chi connectivity index (χ1n) is 3.57. The average Bonchev–Trinajstić information content (AvgIpc) is 1.85. The molecule has 0 amide bonds. The van der Waals surface area contributed by atoms with Gasteiger partial charge in [-0.1, -0.05) is 0 Å². The summed E-state index contributed by atoms with van der Waals surface area (Å²) in [6, 6.07) is 6.24. The Morgan fingerprint density at radius 3 is 2.27 bits per heavy atom. The van der Waals surface area contributed by atoms with Crippen LogP contribution in [0, 0.1) is 6.92 Å². The molecule has 0 atom stereocenters. The highest BCUT2D eigenvalue weighted by Gasteiger charge is 1.96. The molecule has 2 heteroatoms. The molecule has 60 valence electrons. The Bertz CT molecular complexity index is 235. The number of hydrogen-bond acceptors (Lipinski definition) is 2. The number of nitrogens with zero attached hydrogens (tertiary/aromatic N) is 1. The molecule has 0 aliphatic carbocycles. The van der Waals surface area contributed by atoms with Crippen molar-refractivity contribution in [2.45, 2.75) is 11.8 Å². The van der Waals surface area contributed by atoms with Gasteiger partial charge in [-0.25, -0.2) is 0 Å². The van der Waals surface area contributed by atoms with Crippen molar-refractivity contribution in [2.75, 3.05) is 19.0 Å². The molecule has 1 rings (SSSR count). The quantitative estimate of drug-likeness (QED) is 0.628. The predicted octanol–water partition coefficient (Wildman–Crippen LogP) is 2.35. The van der Waals surface area contributed by atoms with E-state index in [1.807, 2.05) is 14.1 Å². The SMILES string of the molecule is Cc1cc(S)cc(N(C)C)c1. The van der Waals surface area contributed by atoms with Crippen LogP contribution in [0.25, 0.3) is 0 Å². The first-order chi connectivity index (χ1) is 5.09. The van der Waals surface area contributed by atoms with Gasteiger partial charge in [0.25, 0.3) is 0 Å². The lowest BCUT2D eigenvalue weighted by Crippen LogP contribution is -2.08. The van der Waals surface area contributed by atoms with E-state index in [1.165, 1.54) is 11.3 Å². The highest BCUT2D eigenvalue weighted by molar-refractivity contribution is 7.80. The van der Waals surface area contributed by atoms with Crippen LogP contribution in [0.3, 0.4) is 0 Å². The van der Waals surface area contributed by atoms with E-state index in [0.29, 0.717) is 0 Å². The minimum Gasteiger partial charge on any atom is -0.378 e. The van der Waals surface area contributed by atoms with Gasteiger partial charge in [0.1, 0.15) is 0 Å². The molecular formula is C9H13NS. The van der Waals surface area contributed by atoms with Crippen LogP contribution in [0.5, 0.6) is 0 Å². The lowest BCUT2D eigenvalue weighted by Gasteiger charge is -2.13. The number of rotatable bonds is 1. The highest BCUT2D eigenvalue weighted by atomic mass is 32.1. The van der Waals surface area contributed by atoms with Gasteiger partial charge in [-0.15, -0.1) is 12.6 Å². The van der Waals surface area contributed by atoms with E-state index in [2.05, 4.69) is 42.7 Å². The zero-order valence-corrected chi connectivity index (χ0v) is 8.02. The second kappa shape index (κ2) is 3.18. The topological polar surface area (TPSA) is 3.24 Å². The minimum absolute atomic E-state index is 1.02. The fourth-order valence-electron chi connectivity index (χ4n) is 1.00. The summed E-state index contributed by atoms with van der Waals surface area (Å²) in [7, 11) is 4.06. The molecule has 0 bridgehead atoms. The molecule has 0 unspecified atom stereocenters. The molecule has 0 saturated heterocycles. The maximum atomic E-state index is 4.29. The third kappa shape index (κ3) is 2.15. The van der Waals surface area contributed by atoms with Crippen LogP contribution >= 0.6 is 12.6 Å². The van der Waals surface area contributed by atoms with E-state index in [-0.39, 0.29) is 0 Å². The maximum absolute atomic E-state index is 4.29. The fraction of sp³-hybridized carbons (Fsp3) is 0.333. The summed E-state index contributed by atoms with van der Waals surface area (Å²) in [6.07, 6.45) is 0. The third-order valence-electron chi connectivity index (χ3n) is 1.56. The fourth-order valence-corrected chi connectivity index (χ4v) is 1.34. The van der Waals surface area contributed by atoms with Crippen LogP contribution in [-0.4, -0.2) is 14.1 Å². The van der Waals surface area contributed by atoms with Crippen LogP contribution in [0.4, 0.5) is 5.69 Å². The van der Waals surface area contributed by atoms with Crippen molar-refractivity contribution >= 4 is 18.3 Å². The molecule has 11 heavy (non-hydrogen) atoms.